The molecule has 4 heteroatoms. The van der Waals surface area contributed by atoms with Crippen LogP contribution in [0.5, 0.6) is 0 Å². The van der Waals surface area contributed by atoms with Gasteiger partial charge in [0.05, 0.1) is 22.3 Å². The molecule has 0 radical (unpaired) electrons. The summed E-state index contributed by atoms with van der Waals surface area (Å²) in [5.41, 5.74) is 3.49. The van der Waals surface area contributed by atoms with E-state index in [2.05, 4.69) is 6.07 Å². The first kappa shape index (κ1) is 16.0. The molecule has 0 spiro atoms. The van der Waals surface area contributed by atoms with Gasteiger partial charge in [-0.15, -0.1) is 0 Å². The lowest BCUT2D eigenvalue weighted by molar-refractivity contribution is 1.30. The quantitative estimate of drug-likeness (QED) is 0.573. The molecule has 0 amide bonds. The summed E-state index contributed by atoms with van der Waals surface area (Å²) in [4.78, 5) is 0. The van der Waals surface area contributed by atoms with E-state index in [-0.39, 0.29) is 22.3 Å². The van der Waals surface area contributed by atoms with Gasteiger partial charge in [0, 0.05) is 10.8 Å². The number of hydrogen-bond donors (Lipinski definition) is 0. The molecule has 0 fully saturated rings. The Hall–Kier alpha value is -3.86. The third-order valence-corrected chi connectivity index (χ3v) is 4.86. The molecule has 0 unspecified atom stereocenters. The second-order valence-electron chi connectivity index (χ2n) is 5.98. The summed E-state index contributed by atoms with van der Waals surface area (Å²) in [7, 11) is 0. The Morgan fingerprint density at radius 1 is 0.640 bits per heavy atom. The lowest BCUT2D eigenvalue weighted by Gasteiger charge is -2.15. The van der Waals surface area contributed by atoms with E-state index >= 15 is 0 Å². The fraction of sp³-hybridized carbons (Fsp3) is 0.143. The minimum Gasteiger partial charge on any atom is -0.192 e. The van der Waals surface area contributed by atoms with Crippen molar-refractivity contribution in [1.29, 1.82) is 21.0 Å². The highest BCUT2D eigenvalue weighted by Crippen LogP contribution is 2.37. The molecule has 3 rings (SSSR count). The molecule has 116 valence electrons. The van der Waals surface area contributed by atoms with Gasteiger partial charge < -0.3 is 0 Å². The lowest BCUT2D eigenvalue weighted by Crippen LogP contribution is -2.00. The van der Waals surface area contributed by atoms with Crippen molar-refractivity contribution in [3.8, 4) is 24.3 Å². The van der Waals surface area contributed by atoms with Crippen molar-refractivity contribution in [1.82, 2.24) is 0 Å². The van der Waals surface area contributed by atoms with Crippen LogP contribution < -0.4 is 0 Å². The number of aryl methyl sites for hydroxylation is 2. The molecular formula is C21H12N4. The standard InChI is InChI=1S/C21H12N4/c1-11-6-14-4-5-15-16(7-22)17(8-23)18(9-24)19(10-25)21(15)20(14)13(3)12(11)2/h4-6H,1-3H3. The molecule has 0 bridgehead atoms. The van der Waals surface area contributed by atoms with Crippen molar-refractivity contribution >= 4 is 21.5 Å². The third kappa shape index (κ3) is 2.03. The maximum absolute atomic E-state index is 9.71. The van der Waals surface area contributed by atoms with Gasteiger partial charge >= 0.3 is 0 Å². The Morgan fingerprint density at radius 3 is 1.76 bits per heavy atom. The van der Waals surface area contributed by atoms with Gasteiger partial charge in [-0.25, -0.2) is 0 Å². The predicted molar refractivity (Wildman–Crippen MR) is 94.5 cm³/mol. The topological polar surface area (TPSA) is 95.2 Å². The normalized spacial score (nSPS) is 10.0. The Kier molecular flexibility index (Phi) is 3.62. The molecule has 0 aliphatic heterocycles. The van der Waals surface area contributed by atoms with Gasteiger partial charge in [-0.2, -0.15) is 21.0 Å². The van der Waals surface area contributed by atoms with Crippen LogP contribution in [0.1, 0.15) is 38.9 Å². The number of fused-ring (bicyclic) bond motifs is 3. The first-order chi connectivity index (χ1) is 12.0. The van der Waals surface area contributed by atoms with E-state index in [1.54, 1.807) is 6.07 Å². The summed E-state index contributed by atoms with van der Waals surface area (Å²) < 4.78 is 0. The van der Waals surface area contributed by atoms with Gasteiger partial charge in [0.25, 0.3) is 0 Å². The highest BCUT2D eigenvalue weighted by atomic mass is 14.3. The van der Waals surface area contributed by atoms with Gasteiger partial charge in [-0.3, -0.25) is 0 Å². The van der Waals surface area contributed by atoms with Crippen molar-refractivity contribution in [2.24, 2.45) is 0 Å². The van der Waals surface area contributed by atoms with Gasteiger partial charge in [-0.1, -0.05) is 18.2 Å². The molecular weight excluding hydrogens is 308 g/mol. The first-order valence-electron chi connectivity index (χ1n) is 7.63. The van der Waals surface area contributed by atoms with E-state index in [0.717, 1.165) is 27.5 Å². The largest absolute Gasteiger partial charge is 0.192 e. The van der Waals surface area contributed by atoms with Crippen LogP contribution in [0.2, 0.25) is 0 Å². The van der Waals surface area contributed by atoms with Crippen LogP contribution in [0, 0.1) is 66.1 Å². The minimum atomic E-state index is -0.0325. The third-order valence-electron chi connectivity index (χ3n) is 4.86. The smallest absolute Gasteiger partial charge is 0.102 e. The van der Waals surface area contributed by atoms with Crippen molar-refractivity contribution in [3.05, 3.63) is 57.1 Å². The molecule has 0 aliphatic rings. The van der Waals surface area contributed by atoms with E-state index < -0.39 is 0 Å². The SMILES string of the molecule is Cc1cc2ccc3c(C#N)c(C#N)c(C#N)c(C#N)c3c2c(C)c1C. The second-order valence-corrected chi connectivity index (χ2v) is 5.98. The van der Waals surface area contributed by atoms with Crippen LogP contribution in [-0.2, 0) is 0 Å². The summed E-state index contributed by atoms with van der Waals surface area (Å²) in [5.74, 6) is 0. The Balaban J connectivity index is 2.82. The highest BCUT2D eigenvalue weighted by molar-refractivity contribution is 6.15. The average molecular weight is 320 g/mol. The number of nitriles is 4. The van der Waals surface area contributed by atoms with Crippen LogP contribution >= 0.6 is 0 Å². The molecule has 25 heavy (non-hydrogen) atoms. The minimum absolute atomic E-state index is 0.0285. The average Bonchev–Trinajstić information content (AvgIpc) is 2.63. The van der Waals surface area contributed by atoms with Gasteiger partial charge in [0.1, 0.15) is 24.3 Å². The van der Waals surface area contributed by atoms with Gasteiger partial charge in [-0.05, 0) is 48.2 Å². The van der Waals surface area contributed by atoms with Crippen LogP contribution in [0.4, 0.5) is 0 Å². The van der Waals surface area contributed by atoms with E-state index in [0.29, 0.717) is 10.8 Å². The Labute approximate surface area is 145 Å². The summed E-state index contributed by atoms with van der Waals surface area (Å²) >= 11 is 0. The monoisotopic (exact) mass is 320 g/mol. The second kappa shape index (κ2) is 5.65. The summed E-state index contributed by atoms with van der Waals surface area (Å²) in [6.45, 7) is 6.01. The van der Waals surface area contributed by atoms with Crippen LogP contribution in [0.3, 0.4) is 0 Å². The molecule has 0 heterocycles. The maximum Gasteiger partial charge on any atom is 0.102 e. The van der Waals surface area contributed by atoms with Crippen LogP contribution in [0.15, 0.2) is 18.2 Å². The zero-order chi connectivity index (χ0) is 18.3. The number of nitrogens with zero attached hydrogens (tertiary/aromatic N) is 4. The van der Waals surface area contributed by atoms with Crippen molar-refractivity contribution in [2.45, 2.75) is 20.8 Å². The van der Waals surface area contributed by atoms with Crippen molar-refractivity contribution < 1.29 is 0 Å². The Bertz CT molecular complexity index is 1250. The fourth-order valence-electron chi connectivity index (χ4n) is 3.40. The van der Waals surface area contributed by atoms with E-state index in [1.165, 1.54) is 0 Å². The van der Waals surface area contributed by atoms with Gasteiger partial charge in [0.2, 0.25) is 0 Å². The fourth-order valence-corrected chi connectivity index (χ4v) is 3.40. The molecule has 0 saturated carbocycles. The summed E-state index contributed by atoms with van der Waals surface area (Å²) in [5, 5.41) is 41.2. The summed E-state index contributed by atoms with van der Waals surface area (Å²) in [6.07, 6.45) is 0. The Morgan fingerprint density at radius 2 is 1.20 bits per heavy atom. The number of hydrogen-bond acceptors (Lipinski definition) is 4. The highest BCUT2D eigenvalue weighted by Gasteiger charge is 2.22. The predicted octanol–water partition coefficient (Wildman–Crippen LogP) is 4.40. The molecule has 0 aliphatic carbocycles. The molecule has 0 atom stereocenters. The van der Waals surface area contributed by atoms with Crippen molar-refractivity contribution in [3.63, 3.8) is 0 Å². The summed E-state index contributed by atoms with van der Waals surface area (Å²) in [6, 6.07) is 13.7. The molecule has 3 aromatic carbocycles. The lowest BCUT2D eigenvalue weighted by atomic mass is 9.85. The number of rotatable bonds is 0. The molecule has 0 saturated heterocycles. The zero-order valence-corrected chi connectivity index (χ0v) is 14.0. The van der Waals surface area contributed by atoms with Gasteiger partial charge in [0.15, 0.2) is 0 Å². The first-order valence-corrected chi connectivity index (χ1v) is 7.63. The van der Waals surface area contributed by atoms with E-state index in [1.807, 2.05) is 51.1 Å². The van der Waals surface area contributed by atoms with Crippen molar-refractivity contribution in [2.75, 3.05) is 0 Å². The molecule has 3 aromatic rings. The zero-order valence-electron chi connectivity index (χ0n) is 14.0. The van der Waals surface area contributed by atoms with Crippen LogP contribution in [-0.4, -0.2) is 0 Å². The van der Waals surface area contributed by atoms with E-state index in [4.69, 9.17) is 0 Å². The van der Waals surface area contributed by atoms with E-state index in [9.17, 15) is 21.0 Å². The maximum atomic E-state index is 9.71. The molecule has 4 nitrogen and oxygen atoms in total. The molecule has 0 aromatic heterocycles. The number of benzene rings is 3. The van der Waals surface area contributed by atoms with Crippen LogP contribution in [0.25, 0.3) is 21.5 Å². The molecule has 0 N–H and O–H groups in total.